The first-order valence-electron chi connectivity index (χ1n) is 3.57. The molecule has 0 saturated heterocycles. The first kappa shape index (κ1) is 13.4. The van der Waals surface area contributed by atoms with Crippen LogP contribution in [0.2, 0.25) is 5.02 Å². The largest absolute Gasteiger partial charge is 0.409 e. The number of hydrogen-bond acceptors (Lipinski definition) is 3. The van der Waals surface area contributed by atoms with E-state index in [1.807, 2.05) is 12.1 Å². The van der Waals surface area contributed by atoms with Crippen LogP contribution in [-0.4, -0.2) is 16.8 Å². The number of thioether (sulfide) groups is 1. The lowest BCUT2D eigenvalue weighted by atomic mass is 10.4. The van der Waals surface area contributed by atoms with Gasteiger partial charge in [-0.25, -0.2) is 0 Å². The third kappa shape index (κ3) is 4.60. The van der Waals surface area contributed by atoms with Gasteiger partial charge in [0.2, 0.25) is 0 Å². The van der Waals surface area contributed by atoms with Crippen LogP contribution in [-0.2, 0) is 0 Å². The molecule has 0 spiro atoms. The van der Waals surface area contributed by atoms with Crippen molar-refractivity contribution in [3.05, 3.63) is 29.3 Å². The van der Waals surface area contributed by atoms with Crippen LogP contribution in [0.1, 0.15) is 0 Å². The standard InChI is InChI=1S/C8H9ClN2OS.ClH/c9-6-1-3-7(4-2-6)13-5-8(10)11-12;/h1-4,12H,5H2,(H2,10,11);1H. The molecule has 0 heterocycles. The maximum Gasteiger partial charge on any atom is 0.149 e. The van der Waals surface area contributed by atoms with E-state index in [2.05, 4.69) is 5.16 Å². The van der Waals surface area contributed by atoms with Crippen molar-refractivity contribution in [3.63, 3.8) is 0 Å². The Hall–Kier alpha value is -0.580. The third-order valence-corrected chi connectivity index (χ3v) is 2.63. The second-order valence-corrected chi connectivity index (χ2v) is 3.82. The van der Waals surface area contributed by atoms with E-state index in [0.29, 0.717) is 10.8 Å². The van der Waals surface area contributed by atoms with Gasteiger partial charge in [0, 0.05) is 9.92 Å². The Morgan fingerprint density at radius 2 is 2.00 bits per heavy atom. The monoisotopic (exact) mass is 252 g/mol. The van der Waals surface area contributed by atoms with E-state index in [4.69, 9.17) is 22.5 Å². The van der Waals surface area contributed by atoms with Crippen molar-refractivity contribution in [2.24, 2.45) is 10.9 Å². The predicted octanol–water partition coefficient (Wildman–Crippen LogP) is 2.60. The number of nitrogens with zero attached hydrogens (tertiary/aromatic N) is 1. The zero-order chi connectivity index (χ0) is 9.68. The van der Waals surface area contributed by atoms with Gasteiger partial charge in [0.15, 0.2) is 0 Å². The van der Waals surface area contributed by atoms with Gasteiger partial charge in [-0.05, 0) is 24.3 Å². The summed E-state index contributed by atoms with van der Waals surface area (Å²) >= 11 is 7.19. The van der Waals surface area contributed by atoms with E-state index >= 15 is 0 Å². The summed E-state index contributed by atoms with van der Waals surface area (Å²) in [5, 5.41) is 11.9. The van der Waals surface area contributed by atoms with Crippen LogP contribution in [0.15, 0.2) is 34.3 Å². The van der Waals surface area contributed by atoms with E-state index < -0.39 is 0 Å². The lowest BCUT2D eigenvalue weighted by Gasteiger charge is -1.99. The first-order chi connectivity index (χ1) is 6.22. The van der Waals surface area contributed by atoms with Crippen molar-refractivity contribution in [2.45, 2.75) is 4.90 Å². The van der Waals surface area contributed by atoms with E-state index in [-0.39, 0.29) is 18.2 Å². The Kier molecular flexibility index (Phi) is 6.53. The van der Waals surface area contributed by atoms with Crippen molar-refractivity contribution < 1.29 is 5.21 Å². The highest BCUT2D eigenvalue weighted by atomic mass is 35.5. The molecule has 0 fully saturated rings. The van der Waals surface area contributed by atoms with Crippen LogP contribution in [0, 0.1) is 0 Å². The molecule has 0 radical (unpaired) electrons. The Morgan fingerprint density at radius 3 is 2.50 bits per heavy atom. The van der Waals surface area contributed by atoms with Crippen molar-refractivity contribution in [2.75, 3.05) is 5.75 Å². The zero-order valence-electron chi connectivity index (χ0n) is 7.18. The third-order valence-electron chi connectivity index (χ3n) is 1.33. The number of nitrogens with two attached hydrogens (primary N) is 1. The summed E-state index contributed by atoms with van der Waals surface area (Å²) in [4.78, 5) is 1.04. The Balaban J connectivity index is 0.00000169. The molecule has 1 aromatic rings. The van der Waals surface area contributed by atoms with Crippen molar-refractivity contribution in [3.8, 4) is 0 Å². The number of halogens is 2. The SMILES string of the molecule is Cl.NC(CSc1ccc(Cl)cc1)=NO. The fourth-order valence-corrected chi connectivity index (χ4v) is 1.54. The van der Waals surface area contributed by atoms with E-state index in [9.17, 15) is 0 Å². The molecular formula is C8H10Cl2N2OS. The van der Waals surface area contributed by atoms with Crippen molar-refractivity contribution in [1.29, 1.82) is 0 Å². The molecule has 3 nitrogen and oxygen atoms in total. The lowest BCUT2D eigenvalue weighted by molar-refractivity contribution is 0.318. The molecule has 0 aromatic heterocycles. The molecule has 0 bridgehead atoms. The topological polar surface area (TPSA) is 58.6 Å². The number of amidine groups is 1. The number of benzene rings is 1. The lowest BCUT2D eigenvalue weighted by Crippen LogP contribution is -2.13. The van der Waals surface area contributed by atoms with Crippen LogP contribution in [0.25, 0.3) is 0 Å². The minimum atomic E-state index is 0. The number of hydrogen-bond donors (Lipinski definition) is 2. The fraction of sp³-hybridized carbons (Fsp3) is 0.125. The smallest absolute Gasteiger partial charge is 0.149 e. The number of oxime groups is 1. The minimum absolute atomic E-state index is 0. The average molecular weight is 253 g/mol. The maximum atomic E-state index is 8.29. The molecule has 78 valence electrons. The van der Waals surface area contributed by atoms with Gasteiger partial charge in [-0.1, -0.05) is 16.8 Å². The summed E-state index contributed by atoms with van der Waals surface area (Å²) in [6.07, 6.45) is 0. The zero-order valence-corrected chi connectivity index (χ0v) is 9.57. The van der Waals surface area contributed by atoms with Crippen LogP contribution in [0.5, 0.6) is 0 Å². The van der Waals surface area contributed by atoms with Gasteiger partial charge >= 0.3 is 0 Å². The molecule has 0 unspecified atom stereocenters. The van der Waals surface area contributed by atoms with Gasteiger partial charge in [0.05, 0.1) is 5.75 Å². The molecule has 0 aliphatic rings. The van der Waals surface area contributed by atoms with Gasteiger partial charge in [-0.15, -0.1) is 24.2 Å². The van der Waals surface area contributed by atoms with Gasteiger partial charge in [-0.2, -0.15) is 0 Å². The summed E-state index contributed by atoms with van der Waals surface area (Å²) < 4.78 is 0. The van der Waals surface area contributed by atoms with Crippen LogP contribution < -0.4 is 5.73 Å². The molecule has 0 amide bonds. The van der Waals surface area contributed by atoms with E-state index in [1.54, 1.807) is 12.1 Å². The quantitative estimate of drug-likeness (QED) is 0.286. The summed E-state index contributed by atoms with van der Waals surface area (Å²) in [7, 11) is 0. The molecule has 0 aliphatic carbocycles. The second-order valence-electron chi connectivity index (χ2n) is 2.33. The van der Waals surface area contributed by atoms with Gasteiger partial charge in [-0.3, -0.25) is 0 Å². The highest BCUT2D eigenvalue weighted by molar-refractivity contribution is 8.00. The molecule has 1 rings (SSSR count). The van der Waals surface area contributed by atoms with Gasteiger partial charge < -0.3 is 10.9 Å². The summed E-state index contributed by atoms with van der Waals surface area (Å²) in [5.41, 5.74) is 5.30. The van der Waals surface area contributed by atoms with Gasteiger partial charge in [0.25, 0.3) is 0 Å². The molecule has 6 heteroatoms. The van der Waals surface area contributed by atoms with Crippen molar-refractivity contribution in [1.82, 2.24) is 0 Å². The summed E-state index contributed by atoms with van der Waals surface area (Å²) in [6.45, 7) is 0. The minimum Gasteiger partial charge on any atom is -0.409 e. The predicted molar refractivity (Wildman–Crippen MR) is 62.8 cm³/mol. The summed E-state index contributed by atoms with van der Waals surface area (Å²) in [5.74, 6) is 0.679. The molecular weight excluding hydrogens is 243 g/mol. The highest BCUT2D eigenvalue weighted by Crippen LogP contribution is 2.19. The van der Waals surface area contributed by atoms with Crippen LogP contribution >= 0.6 is 35.8 Å². The number of rotatable bonds is 3. The van der Waals surface area contributed by atoms with E-state index in [0.717, 1.165) is 4.90 Å². The summed E-state index contributed by atoms with van der Waals surface area (Å²) in [6, 6.07) is 7.38. The molecule has 0 saturated carbocycles. The normalized spacial score (nSPS) is 10.8. The van der Waals surface area contributed by atoms with Crippen molar-refractivity contribution >= 4 is 41.6 Å². The molecule has 3 N–H and O–H groups in total. The van der Waals surface area contributed by atoms with E-state index in [1.165, 1.54) is 11.8 Å². The fourth-order valence-electron chi connectivity index (χ4n) is 0.717. The molecule has 1 aromatic carbocycles. The molecule has 0 aliphatic heterocycles. The molecule has 0 atom stereocenters. The van der Waals surface area contributed by atoms with Crippen LogP contribution in [0.4, 0.5) is 0 Å². The second kappa shape index (κ2) is 6.81. The highest BCUT2D eigenvalue weighted by Gasteiger charge is 1.96. The maximum absolute atomic E-state index is 8.29. The van der Waals surface area contributed by atoms with Gasteiger partial charge in [0.1, 0.15) is 5.84 Å². The Morgan fingerprint density at radius 1 is 1.43 bits per heavy atom. The average Bonchev–Trinajstić information content (AvgIpc) is 2.16. The Bertz CT molecular complexity index is 303. The van der Waals surface area contributed by atoms with Crippen LogP contribution in [0.3, 0.4) is 0 Å². The molecule has 14 heavy (non-hydrogen) atoms. The Labute approximate surface area is 97.7 Å². The first-order valence-corrected chi connectivity index (χ1v) is 4.93.